The minimum absolute atomic E-state index is 0.147. The van der Waals surface area contributed by atoms with Crippen LogP contribution in [0.1, 0.15) is 28.8 Å². The number of carbonyl (C=O) groups is 2. The maximum atomic E-state index is 12.5. The van der Waals surface area contributed by atoms with Gasteiger partial charge in [-0.2, -0.15) is 10.5 Å². The number of hydrogen-bond acceptors (Lipinski definition) is 6. The van der Waals surface area contributed by atoms with Crippen molar-refractivity contribution in [2.75, 3.05) is 25.0 Å². The van der Waals surface area contributed by atoms with Gasteiger partial charge in [0.25, 0.3) is 5.91 Å². The van der Waals surface area contributed by atoms with Crippen LogP contribution in [0.3, 0.4) is 0 Å². The van der Waals surface area contributed by atoms with Crippen LogP contribution in [0.25, 0.3) is 0 Å². The summed E-state index contributed by atoms with van der Waals surface area (Å²) in [6.07, 6.45) is 0.294. The molecule has 0 fully saturated rings. The number of ether oxygens (including phenoxy) is 1. The highest BCUT2D eigenvalue weighted by atomic mass is 16.5. The van der Waals surface area contributed by atoms with Gasteiger partial charge in [-0.3, -0.25) is 4.79 Å². The van der Waals surface area contributed by atoms with Crippen LogP contribution in [-0.4, -0.2) is 36.5 Å². The van der Waals surface area contributed by atoms with Gasteiger partial charge in [0.2, 0.25) is 0 Å². The van der Waals surface area contributed by atoms with Crippen molar-refractivity contribution in [1.82, 2.24) is 4.90 Å². The van der Waals surface area contributed by atoms with E-state index in [1.165, 1.54) is 4.90 Å². The van der Waals surface area contributed by atoms with Crippen LogP contribution in [0, 0.1) is 29.6 Å². The van der Waals surface area contributed by atoms with Crippen LogP contribution in [0.5, 0.6) is 0 Å². The third-order valence-electron chi connectivity index (χ3n) is 4.14. The fourth-order valence-corrected chi connectivity index (χ4v) is 2.59. The van der Waals surface area contributed by atoms with Crippen LogP contribution in [0.2, 0.25) is 0 Å². The highest BCUT2D eigenvalue weighted by Gasteiger charge is 2.18. The second kappa shape index (κ2) is 11.1. The third-order valence-corrected chi connectivity index (χ3v) is 4.14. The SMILES string of the molecule is Cc1ccc(Nc2ccccc2C(=O)OCC(=O)N(CCC#N)CCC#N)cc1. The summed E-state index contributed by atoms with van der Waals surface area (Å²) >= 11 is 0. The van der Waals surface area contributed by atoms with Crippen LogP contribution in [-0.2, 0) is 9.53 Å². The standard InChI is InChI=1S/C22H22N4O3/c1-17-8-10-18(11-9-17)25-20-7-3-2-6-19(20)22(28)29-16-21(27)26(14-4-12-23)15-5-13-24/h2-3,6-11,25H,4-5,14-16H2,1H3. The lowest BCUT2D eigenvalue weighted by molar-refractivity contribution is -0.134. The largest absolute Gasteiger partial charge is 0.452 e. The number of nitrogens with zero attached hydrogens (tertiary/aromatic N) is 3. The molecule has 0 aromatic heterocycles. The normalized spacial score (nSPS) is 9.76. The predicted molar refractivity (Wildman–Crippen MR) is 108 cm³/mol. The Labute approximate surface area is 170 Å². The molecule has 2 aromatic carbocycles. The molecule has 0 radical (unpaired) electrons. The lowest BCUT2D eigenvalue weighted by Crippen LogP contribution is -2.36. The summed E-state index contributed by atoms with van der Waals surface area (Å²) in [5.41, 5.74) is 2.83. The summed E-state index contributed by atoms with van der Waals surface area (Å²) in [5, 5.41) is 20.6. The Kier molecular flexibility index (Phi) is 8.22. The summed E-state index contributed by atoms with van der Waals surface area (Å²) in [6, 6.07) is 18.5. The summed E-state index contributed by atoms with van der Waals surface area (Å²) in [6.45, 7) is 1.93. The Bertz CT molecular complexity index is 908. The molecular formula is C22H22N4O3. The Balaban J connectivity index is 2.03. The number of nitrogens with one attached hydrogen (secondary N) is 1. The molecule has 0 heterocycles. The number of rotatable bonds is 9. The van der Waals surface area contributed by atoms with Crippen molar-refractivity contribution in [3.63, 3.8) is 0 Å². The number of hydrogen-bond donors (Lipinski definition) is 1. The average molecular weight is 390 g/mol. The first-order valence-corrected chi connectivity index (χ1v) is 9.16. The van der Waals surface area contributed by atoms with Crippen molar-refractivity contribution in [2.45, 2.75) is 19.8 Å². The van der Waals surface area contributed by atoms with E-state index in [2.05, 4.69) is 5.32 Å². The molecule has 0 saturated carbocycles. The first-order chi connectivity index (χ1) is 14.0. The first kappa shape index (κ1) is 21.5. The van der Waals surface area contributed by atoms with Gasteiger partial charge in [0.05, 0.1) is 36.2 Å². The fourth-order valence-electron chi connectivity index (χ4n) is 2.59. The molecule has 7 nitrogen and oxygen atoms in total. The number of nitriles is 2. The molecule has 0 aliphatic carbocycles. The second-order valence-electron chi connectivity index (χ2n) is 6.31. The van der Waals surface area contributed by atoms with Gasteiger partial charge in [0.1, 0.15) is 0 Å². The number of para-hydroxylation sites is 1. The molecule has 2 aromatic rings. The molecule has 2 rings (SSSR count). The van der Waals surface area contributed by atoms with E-state index in [0.29, 0.717) is 11.3 Å². The van der Waals surface area contributed by atoms with Crippen molar-refractivity contribution in [2.24, 2.45) is 0 Å². The average Bonchev–Trinajstić information content (AvgIpc) is 2.74. The van der Waals surface area contributed by atoms with Crippen molar-refractivity contribution in [3.8, 4) is 12.1 Å². The molecule has 0 aliphatic rings. The van der Waals surface area contributed by atoms with Gasteiger partial charge in [0.15, 0.2) is 6.61 Å². The number of anilines is 2. The van der Waals surface area contributed by atoms with E-state index < -0.39 is 18.5 Å². The van der Waals surface area contributed by atoms with Crippen molar-refractivity contribution in [3.05, 3.63) is 59.7 Å². The van der Waals surface area contributed by atoms with E-state index in [4.69, 9.17) is 15.3 Å². The molecule has 0 unspecified atom stereocenters. The molecule has 1 N–H and O–H groups in total. The molecule has 0 bridgehead atoms. The number of aryl methyl sites for hydroxylation is 1. The summed E-state index contributed by atoms with van der Waals surface area (Å²) < 4.78 is 5.19. The number of esters is 1. The van der Waals surface area contributed by atoms with E-state index in [9.17, 15) is 9.59 Å². The van der Waals surface area contributed by atoms with Crippen LogP contribution >= 0.6 is 0 Å². The van der Waals surface area contributed by atoms with Crippen molar-refractivity contribution < 1.29 is 14.3 Å². The smallest absolute Gasteiger partial charge is 0.340 e. The van der Waals surface area contributed by atoms with Gasteiger partial charge in [-0.05, 0) is 31.2 Å². The topological polar surface area (TPSA) is 106 Å². The minimum Gasteiger partial charge on any atom is -0.452 e. The van der Waals surface area contributed by atoms with Gasteiger partial charge in [-0.25, -0.2) is 4.79 Å². The van der Waals surface area contributed by atoms with Gasteiger partial charge in [-0.15, -0.1) is 0 Å². The molecule has 1 amide bonds. The van der Waals surface area contributed by atoms with E-state index in [1.807, 2.05) is 43.3 Å². The number of amides is 1. The van der Waals surface area contributed by atoms with Gasteiger partial charge in [0, 0.05) is 18.8 Å². The van der Waals surface area contributed by atoms with E-state index in [1.54, 1.807) is 24.3 Å². The van der Waals surface area contributed by atoms with Gasteiger partial charge in [-0.1, -0.05) is 29.8 Å². The quantitative estimate of drug-likeness (QED) is 0.656. The molecular weight excluding hydrogens is 368 g/mol. The van der Waals surface area contributed by atoms with E-state index >= 15 is 0 Å². The minimum atomic E-state index is -0.630. The van der Waals surface area contributed by atoms with Crippen LogP contribution in [0.15, 0.2) is 48.5 Å². The second-order valence-corrected chi connectivity index (χ2v) is 6.31. The summed E-state index contributed by atoms with van der Waals surface area (Å²) in [7, 11) is 0. The highest BCUT2D eigenvalue weighted by molar-refractivity contribution is 5.97. The molecule has 0 aliphatic heterocycles. The molecule has 0 atom stereocenters. The van der Waals surface area contributed by atoms with Crippen molar-refractivity contribution >= 4 is 23.3 Å². The first-order valence-electron chi connectivity index (χ1n) is 9.16. The van der Waals surface area contributed by atoms with E-state index in [-0.39, 0.29) is 25.9 Å². The number of benzene rings is 2. The Morgan fingerprint density at radius 3 is 2.24 bits per heavy atom. The molecule has 148 valence electrons. The summed E-state index contributed by atoms with van der Waals surface area (Å²) in [4.78, 5) is 26.2. The third kappa shape index (κ3) is 6.67. The highest BCUT2D eigenvalue weighted by Crippen LogP contribution is 2.22. The Morgan fingerprint density at radius 2 is 1.62 bits per heavy atom. The molecule has 7 heteroatoms. The zero-order valence-corrected chi connectivity index (χ0v) is 16.2. The molecule has 0 saturated heterocycles. The predicted octanol–water partition coefficient (Wildman–Crippen LogP) is 3.55. The lowest BCUT2D eigenvalue weighted by atomic mass is 10.1. The fraction of sp³-hybridized carbons (Fsp3) is 0.273. The van der Waals surface area contributed by atoms with Gasteiger partial charge < -0.3 is 15.0 Å². The maximum Gasteiger partial charge on any atom is 0.340 e. The lowest BCUT2D eigenvalue weighted by Gasteiger charge is -2.20. The number of carbonyl (C=O) groups excluding carboxylic acids is 2. The Hall–Kier alpha value is -3.84. The zero-order valence-electron chi connectivity index (χ0n) is 16.2. The van der Waals surface area contributed by atoms with Crippen LogP contribution in [0.4, 0.5) is 11.4 Å². The summed E-state index contributed by atoms with van der Waals surface area (Å²) in [5.74, 6) is -1.07. The molecule has 0 spiro atoms. The van der Waals surface area contributed by atoms with E-state index in [0.717, 1.165) is 11.3 Å². The van der Waals surface area contributed by atoms with Gasteiger partial charge >= 0.3 is 5.97 Å². The maximum absolute atomic E-state index is 12.5. The monoisotopic (exact) mass is 390 g/mol. The van der Waals surface area contributed by atoms with Crippen molar-refractivity contribution in [1.29, 1.82) is 10.5 Å². The Morgan fingerprint density at radius 1 is 1.00 bits per heavy atom. The molecule has 29 heavy (non-hydrogen) atoms. The van der Waals surface area contributed by atoms with Crippen LogP contribution < -0.4 is 5.32 Å². The zero-order chi connectivity index (χ0) is 21.1.